The number of thiazole rings is 1. The zero-order valence-corrected chi connectivity index (χ0v) is 13.4. The first kappa shape index (κ1) is 15.0. The van der Waals surface area contributed by atoms with Crippen molar-refractivity contribution in [2.45, 2.75) is 32.7 Å². The molecule has 2 aromatic rings. The molecule has 0 spiro atoms. The van der Waals surface area contributed by atoms with Crippen LogP contribution in [-0.2, 0) is 4.79 Å². The van der Waals surface area contributed by atoms with Crippen molar-refractivity contribution in [3.05, 3.63) is 16.7 Å². The third kappa shape index (κ3) is 2.96. The molecule has 1 saturated heterocycles. The number of hydrogen-bond donors (Lipinski definition) is 2. The maximum absolute atomic E-state index is 12.2. The molecular weight excluding hydrogens is 302 g/mol. The largest absolute Gasteiger partial charge is 0.354 e. The molecule has 0 radical (unpaired) electrons. The molecule has 8 heteroatoms. The molecule has 118 valence electrons. The van der Waals surface area contributed by atoms with Gasteiger partial charge in [-0.05, 0) is 26.7 Å². The van der Waals surface area contributed by atoms with Gasteiger partial charge in [-0.1, -0.05) is 11.3 Å². The highest BCUT2D eigenvalue weighted by atomic mass is 32.1. The number of H-pyrrole nitrogens is 1. The van der Waals surface area contributed by atoms with Crippen molar-refractivity contribution in [1.82, 2.24) is 20.3 Å². The van der Waals surface area contributed by atoms with Crippen LogP contribution >= 0.6 is 11.3 Å². The van der Waals surface area contributed by atoms with Gasteiger partial charge in [-0.3, -0.25) is 9.59 Å². The summed E-state index contributed by atoms with van der Waals surface area (Å²) in [5, 5.41) is 3.74. The van der Waals surface area contributed by atoms with Crippen LogP contribution in [0.25, 0.3) is 10.3 Å². The highest BCUT2D eigenvalue weighted by Gasteiger charge is 2.28. The number of piperidine rings is 1. The second-order valence-corrected chi connectivity index (χ2v) is 6.81. The first-order valence-electron chi connectivity index (χ1n) is 7.44. The number of aromatic amines is 1. The van der Waals surface area contributed by atoms with Crippen LogP contribution in [0.3, 0.4) is 0 Å². The van der Waals surface area contributed by atoms with Crippen LogP contribution in [0.1, 0.15) is 26.7 Å². The predicted molar refractivity (Wildman–Crippen MR) is 86.3 cm³/mol. The van der Waals surface area contributed by atoms with Crippen LogP contribution in [0.4, 0.5) is 5.13 Å². The average molecular weight is 321 g/mol. The molecule has 0 unspecified atom stereocenters. The normalized spacial score (nSPS) is 18.9. The van der Waals surface area contributed by atoms with E-state index in [2.05, 4.69) is 25.2 Å². The van der Waals surface area contributed by atoms with Gasteiger partial charge >= 0.3 is 0 Å². The Morgan fingerprint density at radius 2 is 2.36 bits per heavy atom. The quantitative estimate of drug-likeness (QED) is 0.884. The summed E-state index contributed by atoms with van der Waals surface area (Å²) < 4.78 is 0.534. The van der Waals surface area contributed by atoms with Crippen LogP contribution in [0, 0.1) is 5.92 Å². The lowest BCUT2D eigenvalue weighted by Crippen LogP contribution is -2.44. The third-order valence-corrected chi connectivity index (χ3v) is 4.78. The molecule has 2 aromatic heterocycles. The zero-order valence-electron chi connectivity index (χ0n) is 12.6. The van der Waals surface area contributed by atoms with Crippen LogP contribution in [0.2, 0.25) is 0 Å². The van der Waals surface area contributed by atoms with Gasteiger partial charge in [0, 0.05) is 19.1 Å². The molecule has 0 aromatic carbocycles. The van der Waals surface area contributed by atoms with Gasteiger partial charge in [-0.15, -0.1) is 0 Å². The Bertz CT molecular complexity index is 738. The minimum Gasteiger partial charge on any atom is -0.354 e. The van der Waals surface area contributed by atoms with E-state index in [-0.39, 0.29) is 23.4 Å². The number of anilines is 1. The van der Waals surface area contributed by atoms with Crippen molar-refractivity contribution in [2.24, 2.45) is 5.92 Å². The zero-order chi connectivity index (χ0) is 15.7. The van der Waals surface area contributed by atoms with Crippen LogP contribution in [0.15, 0.2) is 11.1 Å². The minimum absolute atomic E-state index is 0.0330. The molecule has 1 aliphatic rings. The molecule has 1 amide bonds. The first-order chi connectivity index (χ1) is 10.5. The number of rotatable bonds is 3. The van der Waals surface area contributed by atoms with E-state index < -0.39 is 0 Å². The number of fused-ring (bicyclic) bond motifs is 1. The Kier molecular flexibility index (Phi) is 4.10. The van der Waals surface area contributed by atoms with E-state index in [0.29, 0.717) is 16.9 Å². The van der Waals surface area contributed by atoms with Gasteiger partial charge in [0.05, 0.1) is 12.2 Å². The van der Waals surface area contributed by atoms with E-state index in [9.17, 15) is 9.59 Å². The van der Waals surface area contributed by atoms with E-state index >= 15 is 0 Å². The number of hydrogen-bond acceptors (Lipinski definition) is 6. The number of amides is 1. The summed E-state index contributed by atoms with van der Waals surface area (Å²) in [6.07, 6.45) is 3.19. The lowest BCUT2D eigenvalue weighted by molar-refractivity contribution is -0.125. The maximum Gasteiger partial charge on any atom is 0.270 e. The lowest BCUT2D eigenvalue weighted by atomic mass is 9.97. The first-order valence-corrected chi connectivity index (χ1v) is 8.26. The molecule has 0 aliphatic carbocycles. The van der Waals surface area contributed by atoms with Gasteiger partial charge in [-0.25, -0.2) is 4.98 Å². The molecule has 0 saturated carbocycles. The predicted octanol–water partition coefficient (Wildman–Crippen LogP) is 1.12. The molecule has 22 heavy (non-hydrogen) atoms. The van der Waals surface area contributed by atoms with Gasteiger partial charge in [0.2, 0.25) is 5.91 Å². The van der Waals surface area contributed by atoms with Crippen LogP contribution in [0.5, 0.6) is 0 Å². The smallest absolute Gasteiger partial charge is 0.270 e. The summed E-state index contributed by atoms with van der Waals surface area (Å²) in [5.41, 5.74) is 0.303. The van der Waals surface area contributed by atoms with Gasteiger partial charge in [0.1, 0.15) is 4.70 Å². The number of carbonyl (C=O) groups is 1. The van der Waals surface area contributed by atoms with Crippen molar-refractivity contribution in [3.63, 3.8) is 0 Å². The van der Waals surface area contributed by atoms with Gasteiger partial charge < -0.3 is 15.2 Å². The van der Waals surface area contributed by atoms with E-state index in [4.69, 9.17) is 0 Å². The lowest BCUT2D eigenvalue weighted by Gasteiger charge is -2.32. The number of carbonyl (C=O) groups excluding carboxylic acids is 1. The fourth-order valence-corrected chi connectivity index (χ4v) is 3.61. The van der Waals surface area contributed by atoms with E-state index in [1.54, 1.807) is 0 Å². The highest BCUT2D eigenvalue weighted by Crippen LogP contribution is 2.29. The number of nitrogens with zero attached hydrogens (tertiary/aromatic N) is 3. The second-order valence-electron chi connectivity index (χ2n) is 5.83. The molecule has 3 rings (SSSR count). The second kappa shape index (κ2) is 6.04. The molecule has 1 aliphatic heterocycles. The van der Waals surface area contributed by atoms with Crippen molar-refractivity contribution in [1.29, 1.82) is 0 Å². The Hall–Kier alpha value is -1.96. The summed E-state index contributed by atoms with van der Waals surface area (Å²) in [6.45, 7) is 5.41. The molecule has 0 bridgehead atoms. The monoisotopic (exact) mass is 321 g/mol. The maximum atomic E-state index is 12.2. The van der Waals surface area contributed by atoms with Crippen molar-refractivity contribution >= 4 is 32.7 Å². The van der Waals surface area contributed by atoms with Gasteiger partial charge in [0.15, 0.2) is 10.8 Å². The fourth-order valence-electron chi connectivity index (χ4n) is 2.66. The Balaban J connectivity index is 1.80. The van der Waals surface area contributed by atoms with Crippen molar-refractivity contribution < 1.29 is 4.79 Å². The van der Waals surface area contributed by atoms with Gasteiger partial charge in [0.25, 0.3) is 5.56 Å². The fraction of sp³-hybridized carbons (Fsp3) is 0.571. The minimum atomic E-state index is -0.167. The molecule has 1 atom stereocenters. The Morgan fingerprint density at radius 1 is 1.55 bits per heavy atom. The van der Waals surface area contributed by atoms with Crippen LogP contribution in [-0.4, -0.2) is 40.0 Å². The standard InChI is InChI=1S/C14H19N5O2S/c1-8(2)17-12(20)9-4-3-5-19(6-9)14-18-11-10(22-14)13(21)16-7-15-11/h7-9H,3-6H2,1-2H3,(H,17,20)(H,15,16,21)/t9-/m1/s1. The van der Waals surface area contributed by atoms with Crippen molar-refractivity contribution in [2.75, 3.05) is 18.0 Å². The van der Waals surface area contributed by atoms with Crippen LogP contribution < -0.4 is 15.8 Å². The number of aromatic nitrogens is 3. The third-order valence-electron chi connectivity index (χ3n) is 3.68. The number of nitrogens with one attached hydrogen (secondary N) is 2. The summed E-state index contributed by atoms with van der Waals surface area (Å²) in [6, 6.07) is 0.146. The summed E-state index contributed by atoms with van der Waals surface area (Å²) in [5.74, 6) is 0.0613. The summed E-state index contributed by atoms with van der Waals surface area (Å²) in [7, 11) is 0. The summed E-state index contributed by atoms with van der Waals surface area (Å²) in [4.78, 5) is 37.1. The van der Waals surface area contributed by atoms with Crippen molar-refractivity contribution in [3.8, 4) is 0 Å². The van der Waals surface area contributed by atoms with E-state index in [1.807, 2.05) is 13.8 Å². The highest BCUT2D eigenvalue weighted by molar-refractivity contribution is 7.22. The SMILES string of the molecule is CC(C)NC(=O)[C@@H]1CCCN(c2nc3nc[nH]c(=O)c3s2)C1. The van der Waals surface area contributed by atoms with E-state index in [0.717, 1.165) is 24.5 Å². The average Bonchev–Trinajstić information content (AvgIpc) is 2.92. The molecule has 1 fully saturated rings. The molecule has 3 heterocycles. The van der Waals surface area contributed by atoms with E-state index in [1.165, 1.54) is 17.7 Å². The molecule has 2 N–H and O–H groups in total. The topological polar surface area (TPSA) is 91.0 Å². The van der Waals surface area contributed by atoms with Gasteiger partial charge in [-0.2, -0.15) is 4.98 Å². The Labute approximate surface area is 131 Å². The summed E-state index contributed by atoms with van der Waals surface area (Å²) >= 11 is 1.33. The molecular formula is C14H19N5O2S. The Morgan fingerprint density at radius 3 is 3.09 bits per heavy atom. The molecule has 7 nitrogen and oxygen atoms in total.